The fourth-order valence-electron chi connectivity index (χ4n) is 3.65. The Morgan fingerprint density at radius 2 is 1.71 bits per heavy atom. The minimum atomic E-state index is -0.0753. The van der Waals surface area contributed by atoms with Gasteiger partial charge in [-0.05, 0) is 23.8 Å². The fourth-order valence-corrected chi connectivity index (χ4v) is 3.65. The second-order valence-electron chi connectivity index (χ2n) is 7.52. The van der Waals surface area contributed by atoms with E-state index in [2.05, 4.69) is 37.2 Å². The van der Waals surface area contributed by atoms with Gasteiger partial charge in [-0.25, -0.2) is 0 Å². The fraction of sp³-hybridized carbons (Fsp3) is 0.130. The van der Waals surface area contributed by atoms with E-state index in [0.29, 0.717) is 0 Å². The highest BCUT2D eigenvalue weighted by molar-refractivity contribution is 5.92. The van der Waals surface area contributed by atoms with E-state index in [1.165, 1.54) is 0 Å². The summed E-state index contributed by atoms with van der Waals surface area (Å²) < 4.78 is 5.54. The lowest BCUT2D eigenvalue weighted by atomic mass is 10.1. The molecule has 4 aromatic heterocycles. The van der Waals surface area contributed by atoms with Crippen LogP contribution < -0.4 is 5.32 Å². The number of nitrogens with one attached hydrogen (secondary N) is 1. The molecule has 0 unspecified atom stereocenters. The molecule has 0 spiro atoms. The minimum absolute atomic E-state index is 0.0753. The molecule has 0 saturated carbocycles. The van der Waals surface area contributed by atoms with Crippen LogP contribution in [0.2, 0.25) is 0 Å². The summed E-state index contributed by atoms with van der Waals surface area (Å²) in [7, 11) is 3.74. The van der Waals surface area contributed by atoms with Crippen molar-refractivity contribution in [3.05, 3.63) is 79.3 Å². The molecule has 4 heterocycles. The Morgan fingerprint density at radius 1 is 0.935 bits per heavy atom. The summed E-state index contributed by atoms with van der Waals surface area (Å²) in [6.45, 7) is 0. The summed E-state index contributed by atoms with van der Waals surface area (Å²) in [6.07, 6.45) is 13.5. The number of carbonyl (C=O) groups is 1. The highest BCUT2D eigenvalue weighted by Gasteiger charge is 2.11. The lowest BCUT2D eigenvalue weighted by Crippen LogP contribution is -2.13. The van der Waals surface area contributed by atoms with Crippen molar-refractivity contribution in [3.63, 3.8) is 0 Å². The smallest absolute Gasteiger partial charge is 0.228 e. The van der Waals surface area contributed by atoms with Crippen molar-refractivity contribution in [3.8, 4) is 22.4 Å². The zero-order valence-corrected chi connectivity index (χ0v) is 17.2. The van der Waals surface area contributed by atoms with Gasteiger partial charge < -0.3 is 9.72 Å². The van der Waals surface area contributed by atoms with Crippen LogP contribution in [0.15, 0.2) is 73.7 Å². The summed E-state index contributed by atoms with van der Waals surface area (Å²) >= 11 is 0. The highest BCUT2D eigenvalue weighted by atomic mass is 16.1. The molecule has 8 heteroatoms. The molecule has 1 aromatic carbocycles. The Balaban J connectivity index is 1.38. The van der Waals surface area contributed by atoms with Crippen molar-refractivity contribution in [1.29, 1.82) is 0 Å². The molecular formula is C23H21N7O. The van der Waals surface area contributed by atoms with Crippen LogP contribution in [0.4, 0.5) is 5.69 Å². The third-order valence-corrected chi connectivity index (χ3v) is 5.13. The largest absolute Gasteiger partial charge is 0.326 e. The van der Waals surface area contributed by atoms with Gasteiger partial charge in [-0.3, -0.25) is 19.1 Å². The predicted molar refractivity (Wildman–Crippen MR) is 118 cm³/mol. The average Bonchev–Trinajstić information content (AvgIpc) is 3.48. The molecule has 0 fully saturated rings. The van der Waals surface area contributed by atoms with Crippen LogP contribution in [-0.4, -0.2) is 34.9 Å². The van der Waals surface area contributed by atoms with Gasteiger partial charge in [-0.2, -0.15) is 10.2 Å². The van der Waals surface area contributed by atoms with E-state index in [1.807, 2.05) is 63.1 Å². The summed E-state index contributed by atoms with van der Waals surface area (Å²) in [5, 5.41) is 11.3. The topological polar surface area (TPSA) is 82.0 Å². The number of fused-ring (bicyclic) bond motifs is 1. The summed E-state index contributed by atoms with van der Waals surface area (Å²) in [5.41, 5.74) is 6.64. The summed E-state index contributed by atoms with van der Waals surface area (Å²) in [5.74, 6) is -0.0753. The lowest BCUT2D eigenvalue weighted by molar-refractivity contribution is -0.115. The maximum atomic E-state index is 12.3. The second-order valence-corrected chi connectivity index (χ2v) is 7.52. The third kappa shape index (κ3) is 3.83. The molecule has 0 aliphatic rings. The van der Waals surface area contributed by atoms with Gasteiger partial charge >= 0.3 is 0 Å². The molecule has 0 saturated heterocycles. The first kappa shape index (κ1) is 18.8. The van der Waals surface area contributed by atoms with Crippen molar-refractivity contribution in [2.45, 2.75) is 6.42 Å². The van der Waals surface area contributed by atoms with Gasteiger partial charge in [-0.15, -0.1) is 0 Å². The van der Waals surface area contributed by atoms with Crippen LogP contribution in [-0.2, 0) is 25.3 Å². The Kier molecular flexibility index (Phi) is 4.59. The Labute approximate surface area is 178 Å². The Morgan fingerprint density at radius 3 is 2.42 bits per heavy atom. The number of benzene rings is 1. The Bertz CT molecular complexity index is 1370. The summed E-state index contributed by atoms with van der Waals surface area (Å²) in [4.78, 5) is 16.9. The maximum absolute atomic E-state index is 12.3. The lowest BCUT2D eigenvalue weighted by Gasteiger charge is -2.07. The first-order valence-corrected chi connectivity index (χ1v) is 9.89. The van der Waals surface area contributed by atoms with E-state index < -0.39 is 0 Å². The molecule has 1 N–H and O–H groups in total. The SMILES string of the molecule is Cn1cc(CC(=O)Nc2ccc(-c3nccn4cc(-c5cnn(C)c5)cc34)cc2)cn1. The van der Waals surface area contributed by atoms with Crippen LogP contribution in [0.3, 0.4) is 0 Å². The number of hydrogen-bond acceptors (Lipinski definition) is 4. The number of nitrogens with zero attached hydrogens (tertiary/aromatic N) is 6. The number of amides is 1. The van der Waals surface area contributed by atoms with Gasteiger partial charge in [0.1, 0.15) is 0 Å². The standard InChI is InChI=1S/C23H21N7O/c1-28-13-16(11-25-28)9-22(31)27-20-5-3-17(4-6-20)23-21-10-18(15-30(21)8-7-24-23)19-12-26-29(2)14-19/h3-8,10-15H,9H2,1-2H3,(H,27,31). The average molecular weight is 411 g/mol. The van der Waals surface area contributed by atoms with Crippen LogP contribution in [0.5, 0.6) is 0 Å². The normalized spacial score (nSPS) is 11.2. The minimum Gasteiger partial charge on any atom is -0.326 e. The zero-order chi connectivity index (χ0) is 21.4. The number of aryl methyl sites for hydroxylation is 2. The molecule has 0 bridgehead atoms. The zero-order valence-electron chi connectivity index (χ0n) is 17.2. The van der Waals surface area contributed by atoms with Gasteiger partial charge in [0.05, 0.1) is 30.0 Å². The van der Waals surface area contributed by atoms with Crippen LogP contribution in [0, 0.1) is 0 Å². The van der Waals surface area contributed by atoms with E-state index in [4.69, 9.17) is 0 Å². The number of anilines is 1. The molecular weight excluding hydrogens is 390 g/mol. The van der Waals surface area contributed by atoms with E-state index in [-0.39, 0.29) is 12.3 Å². The van der Waals surface area contributed by atoms with E-state index >= 15 is 0 Å². The molecule has 0 aliphatic heterocycles. The van der Waals surface area contributed by atoms with Crippen molar-refractivity contribution >= 4 is 17.1 Å². The molecule has 0 radical (unpaired) electrons. The molecule has 154 valence electrons. The predicted octanol–water partition coefficient (Wildman–Crippen LogP) is 3.32. The van der Waals surface area contributed by atoms with Crippen molar-refractivity contribution in [2.75, 3.05) is 5.32 Å². The van der Waals surface area contributed by atoms with E-state index in [1.54, 1.807) is 21.8 Å². The second kappa shape index (κ2) is 7.56. The molecule has 8 nitrogen and oxygen atoms in total. The number of carbonyl (C=O) groups excluding carboxylic acids is 1. The maximum Gasteiger partial charge on any atom is 0.228 e. The Hall–Kier alpha value is -4.20. The molecule has 0 aliphatic carbocycles. The first-order chi connectivity index (χ1) is 15.0. The molecule has 5 aromatic rings. The quantitative estimate of drug-likeness (QED) is 0.481. The van der Waals surface area contributed by atoms with Crippen molar-refractivity contribution < 1.29 is 4.79 Å². The molecule has 1 amide bonds. The van der Waals surface area contributed by atoms with Crippen LogP contribution in [0.1, 0.15) is 5.56 Å². The van der Waals surface area contributed by atoms with Crippen LogP contribution in [0.25, 0.3) is 27.9 Å². The monoisotopic (exact) mass is 411 g/mol. The van der Waals surface area contributed by atoms with Crippen LogP contribution >= 0.6 is 0 Å². The highest BCUT2D eigenvalue weighted by Crippen LogP contribution is 2.29. The third-order valence-electron chi connectivity index (χ3n) is 5.13. The molecule has 31 heavy (non-hydrogen) atoms. The molecule has 0 atom stereocenters. The van der Waals surface area contributed by atoms with Crippen molar-refractivity contribution in [2.24, 2.45) is 14.1 Å². The van der Waals surface area contributed by atoms with E-state index in [0.717, 1.165) is 39.2 Å². The first-order valence-electron chi connectivity index (χ1n) is 9.89. The van der Waals surface area contributed by atoms with Gasteiger partial charge in [0.2, 0.25) is 5.91 Å². The molecule has 5 rings (SSSR count). The van der Waals surface area contributed by atoms with Gasteiger partial charge in [0.15, 0.2) is 0 Å². The number of rotatable bonds is 5. The van der Waals surface area contributed by atoms with Gasteiger partial charge in [0, 0.05) is 67.5 Å². The van der Waals surface area contributed by atoms with E-state index in [9.17, 15) is 4.79 Å². The summed E-state index contributed by atoms with van der Waals surface area (Å²) in [6, 6.07) is 9.85. The van der Waals surface area contributed by atoms with Gasteiger partial charge in [-0.1, -0.05) is 12.1 Å². The van der Waals surface area contributed by atoms with Gasteiger partial charge in [0.25, 0.3) is 0 Å². The number of aromatic nitrogens is 6. The number of hydrogen-bond donors (Lipinski definition) is 1. The van der Waals surface area contributed by atoms with Crippen molar-refractivity contribution in [1.82, 2.24) is 28.9 Å².